The number of nitro benzene ring substituents is 1. The van der Waals surface area contributed by atoms with E-state index in [1.54, 1.807) is 0 Å². The van der Waals surface area contributed by atoms with E-state index in [-0.39, 0.29) is 35.2 Å². The molecule has 0 aliphatic carbocycles. The Morgan fingerprint density at radius 3 is 1.80 bits per heavy atom. The summed E-state index contributed by atoms with van der Waals surface area (Å²) in [4.78, 5) is 9.56. The summed E-state index contributed by atoms with van der Waals surface area (Å²) in [6.07, 6.45) is 0. The van der Waals surface area contributed by atoms with Gasteiger partial charge in [-0.3, -0.25) is 19.2 Å². The summed E-state index contributed by atoms with van der Waals surface area (Å²) in [5.41, 5.74) is 0.105. The van der Waals surface area contributed by atoms with Crippen LogP contribution in [-0.4, -0.2) is 22.4 Å². The average Bonchev–Trinajstić information content (AvgIpc) is 2.03. The van der Waals surface area contributed by atoms with Crippen LogP contribution in [0.1, 0.15) is 0 Å². The Morgan fingerprint density at radius 2 is 1.60 bits per heavy atom. The molecule has 78 valence electrons. The van der Waals surface area contributed by atoms with Gasteiger partial charge in [-0.1, -0.05) is 12.1 Å². The van der Waals surface area contributed by atoms with Crippen LogP contribution in [0.4, 0.5) is 5.69 Å². The van der Waals surface area contributed by atoms with Gasteiger partial charge < -0.3 is 0 Å². The Balaban J connectivity index is 0. The number of nitro groups is 1. The summed E-state index contributed by atoms with van der Waals surface area (Å²) in [7, 11) is -4.67. The zero-order chi connectivity index (χ0) is 11.2. The summed E-state index contributed by atoms with van der Waals surface area (Å²) < 4.78 is 31.6. The molecular formula is C6H6NNaO6S. The maximum absolute atomic E-state index is 9.99. The molecule has 0 atom stereocenters. The molecular weight excluding hydrogens is 237 g/mol. The number of nitrogens with zero attached hydrogens (tertiary/aromatic N) is 1. The number of hydrogen-bond acceptors (Lipinski definition) is 4. The fraction of sp³-hybridized carbons (Fsp3) is 0. The monoisotopic (exact) mass is 243 g/mol. The van der Waals surface area contributed by atoms with E-state index in [9.17, 15) is 10.1 Å². The van der Waals surface area contributed by atoms with E-state index < -0.39 is 15.3 Å². The molecule has 0 saturated carbocycles. The number of rotatable bonds is 1. The molecule has 0 heterocycles. The summed E-state index contributed by atoms with van der Waals surface area (Å²) in [5, 5.41) is 9.99. The van der Waals surface area contributed by atoms with E-state index in [2.05, 4.69) is 6.07 Å². The minimum Gasteiger partial charge on any atom is -0.264 e. The van der Waals surface area contributed by atoms with Crippen molar-refractivity contribution >= 4 is 16.1 Å². The van der Waals surface area contributed by atoms with Crippen LogP contribution in [0.2, 0.25) is 0 Å². The van der Waals surface area contributed by atoms with Crippen molar-refractivity contribution in [2.45, 2.75) is 0 Å². The first-order chi connectivity index (χ1) is 6.30. The van der Waals surface area contributed by atoms with Crippen molar-refractivity contribution in [2.75, 3.05) is 0 Å². The van der Waals surface area contributed by atoms with Gasteiger partial charge in [0.25, 0.3) is 0 Å². The molecule has 7 nitrogen and oxygen atoms in total. The number of benzene rings is 1. The SMILES string of the molecule is O=S(=O)(O)O.O=[N+]([O-])c1cc[c-]cc1.[Na+]. The number of non-ortho nitro benzene ring substituents is 1. The van der Waals surface area contributed by atoms with Gasteiger partial charge in [-0.25, -0.2) is 0 Å². The number of hydrogen-bond donors (Lipinski definition) is 2. The zero-order valence-electron chi connectivity index (χ0n) is 7.69. The van der Waals surface area contributed by atoms with Crippen molar-refractivity contribution in [3.05, 3.63) is 40.4 Å². The minimum absolute atomic E-state index is 0. The third-order valence-electron chi connectivity index (χ3n) is 0.911. The fourth-order valence-electron chi connectivity index (χ4n) is 0.500. The summed E-state index contributed by atoms with van der Waals surface area (Å²) in [5.74, 6) is 0. The van der Waals surface area contributed by atoms with Crippen molar-refractivity contribution in [2.24, 2.45) is 0 Å². The largest absolute Gasteiger partial charge is 1.00 e. The first-order valence-electron chi connectivity index (χ1n) is 3.11. The van der Waals surface area contributed by atoms with Gasteiger partial charge in [0.05, 0.1) is 0 Å². The van der Waals surface area contributed by atoms with Crippen LogP contribution in [0.15, 0.2) is 24.3 Å². The van der Waals surface area contributed by atoms with Crippen molar-refractivity contribution in [1.82, 2.24) is 0 Å². The maximum Gasteiger partial charge on any atom is 1.00 e. The molecule has 0 aliphatic rings. The van der Waals surface area contributed by atoms with Crippen LogP contribution in [-0.2, 0) is 10.4 Å². The molecule has 0 saturated heterocycles. The van der Waals surface area contributed by atoms with Gasteiger partial charge in [0, 0.05) is 4.92 Å². The quantitative estimate of drug-likeness (QED) is 0.189. The van der Waals surface area contributed by atoms with Gasteiger partial charge in [0.2, 0.25) is 0 Å². The van der Waals surface area contributed by atoms with Gasteiger partial charge in [-0.2, -0.15) is 26.6 Å². The molecule has 0 spiro atoms. The van der Waals surface area contributed by atoms with Crippen LogP contribution in [0.25, 0.3) is 0 Å². The molecule has 2 N–H and O–H groups in total. The van der Waals surface area contributed by atoms with E-state index in [1.165, 1.54) is 24.3 Å². The van der Waals surface area contributed by atoms with Crippen LogP contribution in [0.3, 0.4) is 0 Å². The molecule has 0 radical (unpaired) electrons. The van der Waals surface area contributed by atoms with E-state index in [0.717, 1.165) is 0 Å². The maximum atomic E-state index is 9.99. The van der Waals surface area contributed by atoms with Crippen molar-refractivity contribution in [3.63, 3.8) is 0 Å². The molecule has 0 unspecified atom stereocenters. The van der Waals surface area contributed by atoms with Crippen molar-refractivity contribution < 1.29 is 52.0 Å². The Morgan fingerprint density at radius 1 is 1.27 bits per heavy atom. The summed E-state index contributed by atoms with van der Waals surface area (Å²) in [6, 6.07) is 8.51. The standard InChI is InChI=1S/C6H4NO2.Na.H2O4S/c8-7(9)6-4-2-1-3-5-6;;1-5(2,3)4/h2-5H;;(H2,1,2,3,4)/q-1;+1;. The van der Waals surface area contributed by atoms with Crippen LogP contribution in [0.5, 0.6) is 0 Å². The molecule has 0 aromatic heterocycles. The van der Waals surface area contributed by atoms with Crippen molar-refractivity contribution in [3.8, 4) is 0 Å². The molecule has 1 rings (SSSR count). The summed E-state index contributed by atoms with van der Waals surface area (Å²) in [6.45, 7) is 0. The Labute approximate surface area is 108 Å². The van der Waals surface area contributed by atoms with Gasteiger partial charge >= 0.3 is 40.0 Å². The molecule has 1 aromatic carbocycles. The van der Waals surface area contributed by atoms with Crippen LogP contribution in [0, 0.1) is 16.2 Å². The van der Waals surface area contributed by atoms with Crippen molar-refractivity contribution in [1.29, 1.82) is 0 Å². The molecule has 0 fully saturated rings. The van der Waals surface area contributed by atoms with E-state index in [1.807, 2.05) is 0 Å². The minimum atomic E-state index is -4.67. The second-order valence-electron chi connectivity index (χ2n) is 1.96. The molecule has 1 aromatic rings. The van der Waals surface area contributed by atoms with Crippen LogP contribution >= 0.6 is 0 Å². The zero-order valence-corrected chi connectivity index (χ0v) is 10.5. The van der Waals surface area contributed by atoms with Gasteiger partial charge in [-0.15, -0.1) is 0 Å². The second-order valence-corrected chi connectivity index (χ2v) is 2.86. The molecule has 0 aliphatic heterocycles. The predicted molar refractivity (Wildman–Crippen MR) is 46.1 cm³/mol. The second kappa shape index (κ2) is 7.74. The third-order valence-corrected chi connectivity index (χ3v) is 0.911. The normalized spacial score (nSPS) is 9.20. The van der Waals surface area contributed by atoms with Gasteiger partial charge in [-0.05, 0) is 0 Å². The van der Waals surface area contributed by atoms with E-state index in [4.69, 9.17) is 17.5 Å². The molecule has 0 amide bonds. The topological polar surface area (TPSA) is 118 Å². The molecule has 9 heteroatoms. The predicted octanol–water partition coefficient (Wildman–Crippen LogP) is -2.25. The van der Waals surface area contributed by atoms with E-state index in [0.29, 0.717) is 0 Å². The Hall–Kier alpha value is -0.510. The van der Waals surface area contributed by atoms with Gasteiger partial charge in [0.15, 0.2) is 5.69 Å². The third kappa shape index (κ3) is 13.5. The first-order valence-corrected chi connectivity index (χ1v) is 4.51. The van der Waals surface area contributed by atoms with Crippen LogP contribution < -0.4 is 29.6 Å². The average molecular weight is 243 g/mol. The molecule has 15 heavy (non-hydrogen) atoms. The van der Waals surface area contributed by atoms with Gasteiger partial charge in [0.1, 0.15) is 0 Å². The first kappa shape index (κ1) is 16.9. The summed E-state index contributed by atoms with van der Waals surface area (Å²) >= 11 is 0. The molecule has 0 bridgehead atoms. The Kier molecular flexibility index (Phi) is 8.72. The smallest absolute Gasteiger partial charge is 0.264 e. The Bertz CT molecular complexity index is 383. The van der Waals surface area contributed by atoms with E-state index >= 15 is 0 Å². The fourth-order valence-corrected chi connectivity index (χ4v) is 0.500.